The van der Waals surface area contributed by atoms with Gasteiger partial charge in [0.15, 0.2) is 0 Å². The van der Waals surface area contributed by atoms with E-state index in [4.69, 9.17) is 4.42 Å². The molecule has 2 heterocycles. The fourth-order valence-electron chi connectivity index (χ4n) is 9.36. The van der Waals surface area contributed by atoms with E-state index in [1.807, 2.05) is 6.07 Å². The largest absolute Gasteiger partial charge is 0.456 e. The maximum Gasteiger partial charge on any atom is 0.136 e. The maximum absolute atomic E-state index is 6.40. The lowest BCUT2D eigenvalue weighted by molar-refractivity contribution is 0.669. The van der Waals surface area contributed by atoms with Crippen LogP contribution in [0.15, 0.2) is 223 Å². The number of nitrogens with zero attached hydrogens (tertiary/aromatic N) is 2. The van der Waals surface area contributed by atoms with Crippen LogP contribution >= 0.6 is 0 Å². The number of anilines is 3. The molecule has 0 saturated heterocycles. The molecule has 0 spiro atoms. The number of fused-ring (bicyclic) bond motifs is 9. The molecule has 10 aromatic carbocycles. The Morgan fingerprint density at radius 3 is 1.78 bits per heavy atom. The summed E-state index contributed by atoms with van der Waals surface area (Å²) in [6, 6.07) is 78.8. The molecule has 0 aliphatic heterocycles. The summed E-state index contributed by atoms with van der Waals surface area (Å²) in [7, 11) is 0. The second-order valence-electron chi connectivity index (χ2n) is 15.3. The maximum atomic E-state index is 6.40. The molecule has 0 bridgehead atoms. The standard InChI is InChI=1S/C56H36N2O/c1-2-18-43-38(14-1)30-31-39-15-12-27-52(55(39)43)57(51-26-9-5-21-46(51)47-23-13-29-54-56(47)48-22-6-10-28-53(48)59-54)41-34-32-37(33-35-41)40-16-11-17-42(36-40)58-49-24-7-3-19-44(49)45-20-4-8-25-50(45)58/h1-36H. The third kappa shape index (κ3) is 5.29. The van der Waals surface area contributed by atoms with Gasteiger partial charge in [-0.2, -0.15) is 0 Å². The first-order valence-electron chi connectivity index (χ1n) is 20.2. The van der Waals surface area contributed by atoms with Crippen molar-refractivity contribution in [3.63, 3.8) is 0 Å². The van der Waals surface area contributed by atoms with Crippen molar-refractivity contribution in [2.75, 3.05) is 4.90 Å². The highest BCUT2D eigenvalue weighted by Crippen LogP contribution is 2.47. The van der Waals surface area contributed by atoms with Crippen molar-refractivity contribution in [3.05, 3.63) is 218 Å². The van der Waals surface area contributed by atoms with E-state index in [9.17, 15) is 0 Å². The van der Waals surface area contributed by atoms with Crippen LogP contribution in [0.1, 0.15) is 0 Å². The van der Waals surface area contributed by atoms with E-state index >= 15 is 0 Å². The molecule has 59 heavy (non-hydrogen) atoms. The number of para-hydroxylation sites is 4. The van der Waals surface area contributed by atoms with Crippen molar-refractivity contribution in [1.82, 2.24) is 4.57 Å². The third-order valence-corrected chi connectivity index (χ3v) is 12.0. The van der Waals surface area contributed by atoms with Crippen LogP contribution in [0.3, 0.4) is 0 Å². The van der Waals surface area contributed by atoms with Gasteiger partial charge in [-0.05, 0) is 93.5 Å². The Hall–Kier alpha value is -7.88. The molecule has 0 aliphatic rings. The predicted molar refractivity (Wildman–Crippen MR) is 249 cm³/mol. The lowest BCUT2D eigenvalue weighted by Crippen LogP contribution is -2.12. The van der Waals surface area contributed by atoms with Crippen LogP contribution in [0.25, 0.3) is 93.2 Å². The Bertz CT molecular complexity index is 3520. The quantitative estimate of drug-likeness (QED) is 0.158. The van der Waals surface area contributed by atoms with Gasteiger partial charge in [0.2, 0.25) is 0 Å². The molecule has 0 atom stereocenters. The van der Waals surface area contributed by atoms with E-state index in [0.29, 0.717) is 0 Å². The van der Waals surface area contributed by atoms with Crippen molar-refractivity contribution >= 4 is 82.4 Å². The van der Waals surface area contributed by atoms with E-state index in [1.54, 1.807) is 0 Å². The van der Waals surface area contributed by atoms with E-state index in [-0.39, 0.29) is 0 Å². The zero-order chi connectivity index (χ0) is 38.9. The average Bonchev–Trinajstić information content (AvgIpc) is 3.86. The Balaban J connectivity index is 1.05. The fourth-order valence-corrected chi connectivity index (χ4v) is 9.36. The molecule has 3 heteroatoms. The van der Waals surface area contributed by atoms with Crippen LogP contribution in [-0.2, 0) is 0 Å². The van der Waals surface area contributed by atoms with Gasteiger partial charge in [0.05, 0.1) is 22.4 Å². The molecule has 0 fully saturated rings. The zero-order valence-corrected chi connectivity index (χ0v) is 32.1. The second kappa shape index (κ2) is 13.4. The van der Waals surface area contributed by atoms with Crippen molar-refractivity contribution in [2.45, 2.75) is 0 Å². The lowest BCUT2D eigenvalue weighted by Gasteiger charge is -2.29. The topological polar surface area (TPSA) is 21.3 Å². The van der Waals surface area contributed by atoms with Gasteiger partial charge >= 0.3 is 0 Å². The minimum atomic E-state index is 0.883. The Morgan fingerprint density at radius 2 is 0.949 bits per heavy atom. The van der Waals surface area contributed by atoms with Gasteiger partial charge in [-0.1, -0.05) is 158 Å². The number of hydrogen-bond donors (Lipinski definition) is 0. The first-order valence-corrected chi connectivity index (χ1v) is 20.2. The van der Waals surface area contributed by atoms with Gasteiger partial charge in [0, 0.05) is 43.9 Å². The number of benzene rings is 10. The zero-order valence-electron chi connectivity index (χ0n) is 32.1. The molecule has 0 radical (unpaired) electrons. The number of hydrogen-bond acceptors (Lipinski definition) is 2. The smallest absolute Gasteiger partial charge is 0.136 e. The lowest BCUT2D eigenvalue weighted by atomic mass is 9.95. The molecule has 276 valence electrons. The molecule has 0 saturated carbocycles. The van der Waals surface area contributed by atoms with Crippen LogP contribution in [0.2, 0.25) is 0 Å². The van der Waals surface area contributed by atoms with Gasteiger partial charge in [-0.25, -0.2) is 0 Å². The molecular weight excluding hydrogens is 717 g/mol. The molecule has 12 aromatic rings. The molecule has 0 unspecified atom stereocenters. The summed E-state index contributed by atoms with van der Waals surface area (Å²) < 4.78 is 8.79. The van der Waals surface area contributed by atoms with Gasteiger partial charge in [0.25, 0.3) is 0 Å². The van der Waals surface area contributed by atoms with Gasteiger partial charge in [-0.3, -0.25) is 0 Å². The second-order valence-corrected chi connectivity index (χ2v) is 15.3. The molecule has 0 amide bonds. The van der Waals surface area contributed by atoms with Gasteiger partial charge in [-0.15, -0.1) is 0 Å². The van der Waals surface area contributed by atoms with E-state index in [0.717, 1.165) is 66.9 Å². The van der Waals surface area contributed by atoms with E-state index in [1.165, 1.54) is 43.4 Å². The van der Waals surface area contributed by atoms with Crippen molar-refractivity contribution in [2.24, 2.45) is 0 Å². The van der Waals surface area contributed by atoms with Gasteiger partial charge < -0.3 is 13.9 Å². The average molecular weight is 753 g/mol. The van der Waals surface area contributed by atoms with Crippen molar-refractivity contribution in [1.29, 1.82) is 0 Å². The summed E-state index contributed by atoms with van der Waals surface area (Å²) in [5.41, 5.74) is 13.2. The monoisotopic (exact) mass is 752 g/mol. The van der Waals surface area contributed by atoms with Crippen molar-refractivity contribution < 1.29 is 4.42 Å². The first kappa shape index (κ1) is 33.3. The summed E-state index contributed by atoms with van der Waals surface area (Å²) in [5.74, 6) is 0. The fraction of sp³-hybridized carbons (Fsp3) is 0. The highest BCUT2D eigenvalue weighted by Gasteiger charge is 2.22. The predicted octanol–water partition coefficient (Wildman–Crippen LogP) is 15.8. The van der Waals surface area contributed by atoms with E-state index in [2.05, 4.69) is 222 Å². The van der Waals surface area contributed by atoms with Crippen LogP contribution in [0, 0.1) is 0 Å². The summed E-state index contributed by atoms with van der Waals surface area (Å²) in [6.07, 6.45) is 0. The Labute approximate surface area is 341 Å². The SMILES string of the molecule is c1cc(-c2ccc(N(c3ccccc3-c3cccc4oc5ccccc5c34)c3cccc4ccc5ccccc5c34)cc2)cc(-n2c3ccccc3c3ccccc32)c1. The minimum Gasteiger partial charge on any atom is -0.456 e. The molecule has 12 rings (SSSR count). The first-order chi connectivity index (χ1) is 29.3. The van der Waals surface area contributed by atoms with Crippen LogP contribution in [-0.4, -0.2) is 4.57 Å². The third-order valence-electron chi connectivity index (χ3n) is 12.0. The molecule has 2 aromatic heterocycles. The molecule has 3 nitrogen and oxygen atoms in total. The molecule has 0 N–H and O–H groups in total. The highest BCUT2D eigenvalue weighted by atomic mass is 16.3. The number of furan rings is 1. The number of rotatable bonds is 6. The normalized spacial score (nSPS) is 11.7. The summed E-state index contributed by atoms with van der Waals surface area (Å²) in [6.45, 7) is 0. The Morgan fingerprint density at radius 1 is 0.356 bits per heavy atom. The van der Waals surface area contributed by atoms with Crippen LogP contribution in [0.4, 0.5) is 17.1 Å². The summed E-state index contributed by atoms with van der Waals surface area (Å²) in [4.78, 5) is 2.45. The molecular formula is C56H36N2O. The molecule has 0 aliphatic carbocycles. The summed E-state index contributed by atoms with van der Waals surface area (Å²) >= 11 is 0. The van der Waals surface area contributed by atoms with E-state index < -0.39 is 0 Å². The highest BCUT2D eigenvalue weighted by molar-refractivity contribution is 6.17. The van der Waals surface area contributed by atoms with Gasteiger partial charge in [0.1, 0.15) is 11.2 Å². The Kier molecular flexibility index (Phi) is 7.54. The number of aromatic nitrogens is 1. The van der Waals surface area contributed by atoms with Crippen LogP contribution in [0.5, 0.6) is 0 Å². The van der Waals surface area contributed by atoms with Crippen LogP contribution < -0.4 is 4.90 Å². The summed E-state index contributed by atoms with van der Waals surface area (Å²) in [5, 5.41) is 9.62. The minimum absolute atomic E-state index is 0.883. The van der Waals surface area contributed by atoms with Crippen molar-refractivity contribution in [3.8, 4) is 27.9 Å².